The number of rotatable bonds is 5. The van der Waals surface area contributed by atoms with Gasteiger partial charge in [0.1, 0.15) is 0 Å². The molecular weight excluding hydrogens is 256 g/mol. The molecule has 1 N–H and O–H groups in total. The van der Waals surface area contributed by atoms with Crippen molar-refractivity contribution in [1.29, 1.82) is 0 Å². The fourth-order valence-electron chi connectivity index (χ4n) is 1.78. The van der Waals surface area contributed by atoms with Crippen LogP contribution in [-0.2, 0) is 0 Å². The zero-order chi connectivity index (χ0) is 14.8. The molecule has 0 unspecified atom stereocenters. The predicted octanol–water partition coefficient (Wildman–Crippen LogP) is 4.67. The first kappa shape index (κ1) is 14.9. The lowest BCUT2D eigenvalue weighted by atomic mass is 10.1. The van der Waals surface area contributed by atoms with E-state index in [9.17, 15) is 0 Å². The van der Waals surface area contributed by atoms with E-state index in [2.05, 4.69) is 29.3 Å². The molecule has 0 bridgehead atoms. The molecule has 0 aliphatic carbocycles. The molecule has 0 radical (unpaired) electrons. The molecule has 0 atom stereocenters. The second kappa shape index (κ2) is 8.60. The quantitative estimate of drug-likeness (QED) is 0.365. The van der Waals surface area contributed by atoms with E-state index in [-0.39, 0.29) is 0 Å². The van der Waals surface area contributed by atoms with Crippen LogP contribution in [0.25, 0.3) is 0 Å². The van der Waals surface area contributed by atoms with Crippen molar-refractivity contribution < 1.29 is 0 Å². The van der Waals surface area contributed by atoms with Crippen molar-refractivity contribution in [1.82, 2.24) is 0 Å². The molecule has 21 heavy (non-hydrogen) atoms. The first-order valence-corrected chi connectivity index (χ1v) is 7.31. The molecule has 0 spiro atoms. The lowest BCUT2D eigenvalue weighted by Crippen LogP contribution is -1.90. The third kappa shape index (κ3) is 5.54. The summed E-state index contributed by atoms with van der Waals surface area (Å²) in [6.45, 7) is 2.18. The van der Waals surface area contributed by atoms with Crippen LogP contribution in [-0.4, -0.2) is 6.21 Å². The van der Waals surface area contributed by atoms with Crippen molar-refractivity contribution in [3.8, 4) is 11.8 Å². The van der Waals surface area contributed by atoms with Gasteiger partial charge in [-0.15, -0.1) is 0 Å². The van der Waals surface area contributed by atoms with Gasteiger partial charge in [0.05, 0.1) is 11.9 Å². The highest BCUT2D eigenvalue weighted by molar-refractivity contribution is 5.80. The maximum atomic E-state index is 4.22. The zero-order valence-electron chi connectivity index (χ0n) is 12.3. The highest BCUT2D eigenvalue weighted by Gasteiger charge is 1.90. The molecule has 2 aromatic rings. The minimum absolute atomic E-state index is 0.973. The highest BCUT2D eigenvalue weighted by atomic mass is 15.3. The average molecular weight is 276 g/mol. The molecule has 0 saturated carbocycles. The molecule has 0 amide bonds. The molecule has 106 valence electrons. The summed E-state index contributed by atoms with van der Waals surface area (Å²) in [4.78, 5) is 0. The van der Waals surface area contributed by atoms with Gasteiger partial charge in [0, 0.05) is 12.0 Å². The van der Waals surface area contributed by atoms with Crippen LogP contribution in [0.3, 0.4) is 0 Å². The Labute approximate surface area is 126 Å². The fraction of sp³-hybridized carbons (Fsp3) is 0.211. The number of para-hydroxylation sites is 1. The average Bonchev–Trinajstić information content (AvgIpc) is 2.54. The molecule has 0 heterocycles. The van der Waals surface area contributed by atoms with E-state index in [1.54, 1.807) is 6.21 Å². The van der Waals surface area contributed by atoms with E-state index in [4.69, 9.17) is 0 Å². The van der Waals surface area contributed by atoms with Crippen LogP contribution in [0.2, 0.25) is 0 Å². The second-order valence-corrected chi connectivity index (χ2v) is 4.76. The minimum Gasteiger partial charge on any atom is -0.279 e. The van der Waals surface area contributed by atoms with E-state index in [0.717, 1.165) is 23.2 Å². The van der Waals surface area contributed by atoms with E-state index >= 15 is 0 Å². The maximum absolute atomic E-state index is 4.22. The van der Waals surface area contributed by atoms with Crippen molar-refractivity contribution in [2.45, 2.75) is 26.2 Å². The molecule has 0 aromatic heterocycles. The van der Waals surface area contributed by atoms with Crippen molar-refractivity contribution in [3.63, 3.8) is 0 Å². The first-order chi connectivity index (χ1) is 10.4. The van der Waals surface area contributed by atoms with Gasteiger partial charge >= 0.3 is 0 Å². The summed E-state index contributed by atoms with van der Waals surface area (Å²) < 4.78 is 0. The van der Waals surface area contributed by atoms with Crippen molar-refractivity contribution >= 4 is 11.9 Å². The highest BCUT2D eigenvalue weighted by Crippen LogP contribution is 2.05. The second-order valence-electron chi connectivity index (χ2n) is 4.76. The number of anilines is 1. The molecule has 0 aliphatic heterocycles. The van der Waals surface area contributed by atoms with Gasteiger partial charge < -0.3 is 0 Å². The third-order valence-corrected chi connectivity index (χ3v) is 2.98. The van der Waals surface area contributed by atoms with E-state index in [1.165, 1.54) is 12.8 Å². The van der Waals surface area contributed by atoms with Gasteiger partial charge in [-0.2, -0.15) is 5.10 Å². The Morgan fingerprint density at radius 1 is 1.05 bits per heavy atom. The molecule has 0 saturated heterocycles. The van der Waals surface area contributed by atoms with Crippen molar-refractivity contribution in [3.05, 3.63) is 65.7 Å². The SMILES string of the molecule is CCCCC#Cc1ccc(C=NNc2ccccc2)cc1. The number of benzene rings is 2. The van der Waals surface area contributed by atoms with Crippen LogP contribution in [0.15, 0.2) is 59.7 Å². The van der Waals surface area contributed by atoms with Crippen molar-refractivity contribution in [2.75, 3.05) is 5.43 Å². The first-order valence-electron chi connectivity index (χ1n) is 7.31. The van der Waals surface area contributed by atoms with Gasteiger partial charge in [-0.1, -0.05) is 55.5 Å². The maximum Gasteiger partial charge on any atom is 0.0561 e. The normalized spacial score (nSPS) is 10.1. The number of hydrogen-bond donors (Lipinski definition) is 1. The summed E-state index contributed by atoms with van der Waals surface area (Å²) >= 11 is 0. The summed E-state index contributed by atoms with van der Waals surface area (Å²) in [6, 6.07) is 18.0. The van der Waals surface area contributed by atoms with Gasteiger partial charge in [-0.25, -0.2) is 0 Å². The fourth-order valence-corrected chi connectivity index (χ4v) is 1.78. The Morgan fingerprint density at radius 2 is 1.81 bits per heavy atom. The Bertz CT molecular complexity index is 616. The summed E-state index contributed by atoms with van der Waals surface area (Å²) in [6.07, 6.45) is 5.14. The summed E-state index contributed by atoms with van der Waals surface area (Å²) in [5, 5.41) is 4.22. The molecule has 0 fully saturated rings. The zero-order valence-corrected chi connectivity index (χ0v) is 12.3. The van der Waals surface area contributed by atoms with E-state index in [0.29, 0.717) is 0 Å². The number of unbranched alkanes of at least 4 members (excludes halogenated alkanes) is 2. The summed E-state index contributed by atoms with van der Waals surface area (Å²) in [7, 11) is 0. The lowest BCUT2D eigenvalue weighted by Gasteiger charge is -1.98. The Morgan fingerprint density at radius 3 is 2.52 bits per heavy atom. The number of hydrogen-bond acceptors (Lipinski definition) is 2. The predicted molar refractivity (Wildman–Crippen MR) is 90.5 cm³/mol. The topological polar surface area (TPSA) is 24.4 Å². The number of nitrogens with zero attached hydrogens (tertiary/aromatic N) is 1. The summed E-state index contributed by atoms with van der Waals surface area (Å²) in [5.74, 6) is 6.37. The number of nitrogens with one attached hydrogen (secondary N) is 1. The molecule has 0 aliphatic rings. The van der Waals surface area contributed by atoms with E-state index in [1.807, 2.05) is 54.6 Å². The van der Waals surface area contributed by atoms with Gasteiger partial charge in [-0.3, -0.25) is 5.43 Å². The standard InChI is InChI=1S/C19H20N2/c1-2-3-4-6-9-17-12-14-18(15-13-17)16-20-21-19-10-7-5-8-11-19/h5,7-8,10-16,21H,2-4H2,1H3. The monoisotopic (exact) mass is 276 g/mol. The van der Waals surface area contributed by atoms with Crippen LogP contribution in [0.5, 0.6) is 0 Å². The molecular formula is C19H20N2. The van der Waals surface area contributed by atoms with Gasteiger partial charge in [0.2, 0.25) is 0 Å². The minimum atomic E-state index is 0.973. The van der Waals surface area contributed by atoms with Crippen LogP contribution in [0, 0.1) is 11.8 Å². The molecule has 2 aromatic carbocycles. The lowest BCUT2D eigenvalue weighted by molar-refractivity contribution is 0.828. The smallest absolute Gasteiger partial charge is 0.0561 e. The molecule has 2 heteroatoms. The Balaban J connectivity index is 1.88. The largest absolute Gasteiger partial charge is 0.279 e. The Hall–Kier alpha value is -2.53. The Kier molecular flexibility index (Phi) is 6.09. The summed E-state index contributed by atoms with van der Waals surface area (Å²) in [5.41, 5.74) is 6.08. The van der Waals surface area contributed by atoms with Crippen LogP contribution in [0.1, 0.15) is 37.3 Å². The van der Waals surface area contributed by atoms with Crippen LogP contribution < -0.4 is 5.43 Å². The van der Waals surface area contributed by atoms with Crippen LogP contribution >= 0.6 is 0 Å². The molecule has 2 rings (SSSR count). The third-order valence-electron chi connectivity index (χ3n) is 2.98. The van der Waals surface area contributed by atoms with Gasteiger partial charge in [0.15, 0.2) is 0 Å². The number of hydrazone groups is 1. The van der Waals surface area contributed by atoms with Gasteiger partial charge in [-0.05, 0) is 36.2 Å². The van der Waals surface area contributed by atoms with Crippen LogP contribution in [0.4, 0.5) is 5.69 Å². The van der Waals surface area contributed by atoms with Gasteiger partial charge in [0.25, 0.3) is 0 Å². The molecule has 2 nitrogen and oxygen atoms in total. The van der Waals surface area contributed by atoms with E-state index < -0.39 is 0 Å². The van der Waals surface area contributed by atoms with Crippen molar-refractivity contribution in [2.24, 2.45) is 5.10 Å².